The SMILES string of the molecule is CCC(CN)C(=O)N(C)CCc1ccc(F)cc1. The van der Waals surface area contributed by atoms with Gasteiger partial charge in [0.1, 0.15) is 5.82 Å². The Morgan fingerprint density at radius 2 is 2.00 bits per heavy atom. The van der Waals surface area contributed by atoms with Gasteiger partial charge >= 0.3 is 0 Å². The Morgan fingerprint density at radius 1 is 1.39 bits per heavy atom. The maximum atomic E-state index is 12.7. The molecule has 0 saturated carbocycles. The molecule has 2 N–H and O–H groups in total. The molecule has 0 bridgehead atoms. The smallest absolute Gasteiger partial charge is 0.226 e. The molecule has 4 heteroatoms. The molecule has 1 unspecified atom stereocenters. The van der Waals surface area contributed by atoms with Crippen molar-refractivity contribution >= 4 is 5.91 Å². The number of halogens is 1. The van der Waals surface area contributed by atoms with Crippen LogP contribution in [0.4, 0.5) is 4.39 Å². The van der Waals surface area contributed by atoms with E-state index in [2.05, 4.69) is 0 Å². The molecule has 0 aliphatic heterocycles. The lowest BCUT2D eigenvalue weighted by molar-refractivity contribution is -0.133. The molecule has 1 rings (SSSR count). The minimum Gasteiger partial charge on any atom is -0.345 e. The van der Waals surface area contributed by atoms with Gasteiger partial charge in [-0.3, -0.25) is 4.79 Å². The number of carbonyl (C=O) groups excluding carboxylic acids is 1. The van der Waals surface area contributed by atoms with E-state index in [0.717, 1.165) is 18.4 Å². The maximum Gasteiger partial charge on any atom is 0.226 e. The Hall–Kier alpha value is -1.42. The van der Waals surface area contributed by atoms with E-state index in [4.69, 9.17) is 5.73 Å². The van der Waals surface area contributed by atoms with Gasteiger partial charge in [-0.15, -0.1) is 0 Å². The van der Waals surface area contributed by atoms with E-state index in [1.54, 1.807) is 24.1 Å². The lowest BCUT2D eigenvalue weighted by Crippen LogP contribution is -2.37. The van der Waals surface area contributed by atoms with Crippen LogP contribution in [0.2, 0.25) is 0 Å². The van der Waals surface area contributed by atoms with Crippen molar-refractivity contribution in [3.05, 3.63) is 35.6 Å². The quantitative estimate of drug-likeness (QED) is 0.839. The summed E-state index contributed by atoms with van der Waals surface area (Å²) in [5, 5.41) is 0. The van der Waals surface area contributed by atoms with E-state index in [0.29, 0.717) is 13.1 Å². The first-order valence-electron chi connectivity index (χ1n) is 6.28. The minimum atomic E-state index is -0.239. The second-order valence-corrected chi connectivity index (χ2v) is 4.48. The number of nitrogens with zero attached hydrogens (tertiary/aromatic N) is 1. The van der Waals surface area contributed by atoms with Crippen LogP contribution >= 0.6 is 0 Å². The molecule has 0 saturated heterocycles. The Kier molecular flexibility index (Phi) is 5.78. The van der Waals surface area contributed by atoms with Crippen LogP contribution in [0.15, 0.2) is 24.3 Å². The van der Waals surface area contributed by atoms with E-state index in [1.807, 2.05) is 6.92 Å². The third kappa shape index (κ3) is 4.11. The van der Waals surface area contributed by atoms with Gasteiger partial charge in [0.25, 0.3) is 0 Å². The Labute approximate surface area is 108 Å². The predicted octanol–water partition coefficient (Wildman–Crippen LogP) is 1.81. The summed E-state index contributed by atoms with van der Waals surface area (Å²) < 4.78 is 12.7. The number of rotatable bonds is 6. The molecule has 1 aromatic carbocycles. The van der Waals surface area contributed by atoms with Crippen molar-refractivity contribution in [2.45, 2.75) is 19.8 Å². The average Bonchev–Trinajstić information content (AvgIpc) is 2.39. The van der Waals surface area contributed by atoms with Crippen molar-refractivity contribution < 1.29 is 9.18 Å². The molecule has 0 aliphatic rings. The zero-order valence-electron chi connectivity index (χ0n) is 11.0. The number of likely N-dealkylation sites (N-methyl/N-ethyl adjacent to an activating group) is 1. The Morgan fingerprint density at radius 3 is 2.50 bits per heavy atom. The fourth-order valence-electron chi connectivity index (χ4n) is 1.81. The molecule has 0 heterocycles. The first-order chi connectivity index (χ1) is 8.58. The highest BCUT2D eigenvalue weighted by molar-refractivity contribution is 5.78. The zero-order chi connectivity index (χ0) is 13.5. The summed E-state index contributed by atoms with van der Waals surface area (Å²) in [7, 11) is 1.78. The summed E-state index contributed by atoms with van der Waals surface area (Å²) in [6.45, 7) is 2.97. The number of amides is 1. The summed E-state index contributed by atoms with van der Waals surface area (Å²) in [6, 6.07) is 6.36. The molecule has 0 aromatic heterocycles. The van der Waals surface area contributed by atoms with E-state index in [9.17, 15) is 9.18 Å². The number of nitrogens with two attached hydrogens (primary N) is 1. The molecule has 1 aromatic rings. The predicted molar refractivity (Wildman–Crippen MR) is 70.6 cm³/mol. The van der Waals surface area contributed by atoms with Gasteiger partial charge < -0.3 is 10.6 Å². The molecule has 0 radical (unpaired) electrons. The van der Waals surface area contributed by atoms with Crippen molar-refractivity contribution in [3.8, 4) is 0 Å². The van der Waals surface area contributed by atoms with Crippen LogP contribution in [0.1, 0.15) is 18.9 Å². The fourth-order valence-corrected chi connectivity index (χ4v) is 1.81. The van der Waals surface area contributed by atoms with Crippen LogP contribution in [-0.2, 0) is 11.2 Å². The van der Waals surface area contributed by atoms with Gasteiger partial charge in [0.15, 0.2) is 0 Å². The van der Waals surface area contributed by atoms with Crippen molar-refractivity contribution in [2.75, 3.05) is 20.1 Å². The van der Waals surface area contributed by atoms with Gasteiger partial charge in [-0.25, -0.2) is 4.39 Å². The van der Waals surface area contributed by atoms with Crippen molar-refractivity contribution in [3.63, 3.8) is 0 Å². The van der Waals surface area contributed by atoms with Crippen LogP contribution in [0, 0.1) is 11.7 Å². The summed E-state index contributed by atoms with van der Waals surface area (Å²) in [5.74, 6) is -0.248. The molecule has 18 heavy (non-hydrogen) atoms. The van der Waals surface area contributed by atoms with Gasteiger partial charge in [-0.05, 0) is 30.5 Å². The molecule has 0 fully saturated rings. The average molecular weight is 252 g/mol. The summed E-state index contributed by atoms with van der Waals surface area (Å²) in [5.41, 5.74) is 6.58. The molecule has 3 nitrogen and oxygen atoms in total. The Bertz CT molecular complexity index is 374. The topological polar surface area (TPSA) is 46.3 Å². The van der Waals surface area contributed by atoms with Crippen LogP contribution in [0.25, 0.3) is 0 Å². The Balaban J connectivity index is 2.47. The van der Waals surface area contributed by atoms with Gasteiger partial charge in [0, 0.05) is 20.1 Å². The molecule has 0 spiro atoms. The lowest BCUT2D eigenvalue weighted by atomic mass is 10.1. The van der Waals surface area contributed by atoms with E-state index in [1.165, 1.54) is 12.1 Å². The molecular weight excluding hydrogens is 231 g/mol. The van der Waals surface area contributed by atoms with Crippen LogP contribution in [0.5, 0.6) is 0 Å². The monoisotopic (exact) mass is 252 g/mol. The molecule has 0 aliphatic carbocycles. The number of benzene rings is 1. The largest absolute Gasteiger partial charge is 0.345 e. The van der Waals surface area contributed by atoms with Crippen molar-refractivity contribution in [1.29, 1.82) is 0 Å². The highest BCUT2D eigenvalue weighted by Gasteiger charge is 2.18. The van der Waals surface area contributed by atoms with E-state index in [-0.39, 0.29) is 17.6 Å². The molecule has 1 atom stereocenters. The normalized spacial score (nSPS) is 12.2. The van der Waals surface area contributed by atoms with Gasteiger partial charge in [-0.2, -0.15) is 0 Å². The van der Waals surface area contributed by atoms with Gasteiger partial charge in [-0.1, -0.05) is 19.1 Å². The van der Waals surface area contributed by atoms with E-state index >= 15 is 0 Å². The van der Waals surface area contributed by atoms with Crippen molar-refractivity contribution in [1.82, 2.24) is 4.90 Å². The summed E-state index contributed by atoms with van der Waals surface area (Å²) in [4.78, 5) is 13.7. The highest BCUT2D eigenvalue weighted by Crippen LogP contribution is 2.07. The second-order valence-electron chi connectivity index (χ2n) is 4.48. The first kappa shape index (κ1) is 14.6. The van der Waals surface area contributed by atoms with Crippen molar-refractivity contribution in [2.24, 2.45) is 11.7 Å². The minimum absolute atomic E-state index is 0.0853. The number of carbonyl (C=O) groups is 1. The third-order valence-electron chi connectivity index (χ3n) is 3.15. The maximum absolute atomic E-state index is 12.7. The van der Waals surface area contributed by atoms with Crippen LogP contribution in [-0.4, -0.2) is 30.9 Å². The van der Waals surface area contributed by atoms with Gasteiger partial charge in [0.2, 0.25) is 5.91 Å². The molecular formula is C14H21FN2O. The first-order valence-corrected chi connectivity index (χ1v) is 6.28. The summed E-state index contributed by atoms with van der Waals surface area (Å²) in [6.07, 6.45) is 1.49. The van der Waals surface area contributed by atoms with E-state index < -0.39 is 0 Å². The second kappa shape index (κ2) is 7.11. The lowest BCUT2D eigenvalue weighted by Gasteiger charge is -2.22. The zero-order valence-corrected chi connectivity index (χ0v) is 11.0. The van der Waals surface area contributed by atoms with Crippen LogP contribution in [0.3, 0.4) is 0 Å². The number of hydrogen-bond acceptors (Lipinski definition) is 2. The van der Waals surface area contributed by atoms with Gasteiger partial charge in [0.05, 0.1) is 5.92 Å². The summed E-state index contributed by atoms with van der Waals surface area (Å²) >= 11 is 0. The molecule has 100 valence electrons. The molecule has 1 amide bonds. The third-order valence-corrected chi connectivity index (χ3v) is 3.15. The fraction of sp³-hybridized carbons (Fsp3) is 0.500. The standard InChI is InChI=1S/C14H21FN2O/c1-3-12(10-16)14(18)17(2)9-8-11-4-6-13(15)7-5-11/h4-7,12H,3,8-10,16H2,1-2H3. The number of hydrogen-bond donors (Lipinski definition) is 1. The highest BCUT2D eigenvalue weighted by atomic mass is 19.1. The van der Waals surface area contributed by atoms with Crippen LogP contribution < -0.4 is 5.73 Å².